The molecule has 0 aliphatic carbocycles. The van der Waals surface area contributed by atoms with E-state index in [2.05, 4.69) is 36.0 Å². The molecule has 0 aliphatic heterocycles. The number of hydrogen-bond acceptors (Lipinski definition) is 8. The molecule has 2 aromatic carbocycles. The van der Waals surface area contributed by atoms with Gasteiger partial charge in [-0.2, -0.15) is 15.3 Å². The molecular weight excluding hydrogens is 486 g/mol. The van der Waals surface area contributed by atoms with Gasteiger partial charge >= 0.3 is 11.4 Å². The van der Waals surface area contributed by atoms with Gasteiger partial charge in [-0.25, -0.2) is 22.9 Å². The number of rotatable bonds is 6. The highest BCUT2D eigenvalue weighted by Gasteiger charge is 2.18. The van der Waals surface area contributed by atoms with Crippen LogP contribution >= 0.6 is 11.6 Å². The Bertz CT molecular complexity index is 1660. The molecule has 15 heteroatoms. The van der Waals surface area contributed by atoms with E-state index < -0.39 is 23.0 Å². The molecule has 2 N–H and O–H groups in total. The van der Waals surface area contributed by atoms with Gasteiger partial charge < -0.3 is 5.32 Å². The third kappa shape index (κ3) is 4.50. The summed E-state index contributed by atoms with van der Waals surface area (Å²) in [6.45, 7) is -0.622. The number of benzene rings is 2. The summed E-state index contributed by atoms with van der Waals surface area (Å²) in [5.41, 5.74) is -0.608. The van der Waals surface area contributed by atoms with Crippen molar-refractivity contribution < 1.29 is 8.78 Å². The minimum atomic E-state index is -0.900. The van der Waals surface area contributed by atoms with Crippen molar-refractivity contribution in [1.29, 1.82) is 0 Å². The van der Waals surface area contributed by atoms with E-state index >= 15 is 0 Å². The molecule has 3 heterocycles. The lowest BCUT2D eigenvalue weighted by Gasteiger charge is -2.16. The fraction of sp³-hybridized carbons (Fsp3) is 0.150. The van der Waals surface area contributed by atoms with Gasteiger partial charge in [0.15, 0.2) is 5.82 Å². The summed E-state index contributed by atoms with van der Waals surface area (Å²) in [6, 6.07) is 6.14. The minimum Gasteiger partial charge on any atom is -0.324 e. The standard InChI is InChI=1S/C20H15ClF2N10O2/c1-31-8-11-4-16(14(21)6-15(11)28-31)24-18-25-19(34)33(9-17-26-29-30-27-17)20(35)32(18)7-10-2-12(22)5-13(23)3-10/h2-6,8H,7,9H2,1H3,(H,24,25,34)(H,26,27,29,30). The summed E-state index contributed by atoms with van der Waals surface area (Å²) in [5, 5.41) is 21.3. The van der Waals surface area contributed by atoms with Crippen LogP contribution in [0.4, 0.5) is 20.4 Å². The maximum absolute atomic E-state index is 13.8. The summed E-state index contributed by atoms with van der Waals surface area (Å²) in [6.07, 6.45) is 1.76. The van der Waals surface area contributed by atoms with E-state index in [1.807, 2.05) is 0 Å². The summed E-state index contributed by atoms with van der Waals surface area (Å²) in [7, 11) is 1.75. The zero-order valence-electron chi connectivity index (χ0n) is 17.9. The van der Waals surface area contributed by atoms with Crippen LogP contribution in [0.2, 0.25) is 5.02 Å². The number of aromatic nitrogens is 9. The zero-order valence-corrected chi connectivity index (χ0v) is 18.7. The molecule has 0 atom stereocenters. The first-order valence-corrected chi connectivity index (χ1v) is 10.4. The number of aryl methyl sites for hydroxylation is 1. The van der Waals surface area contributed by atoms with Gasteiger partial charge in [0.2, 0.25) is 5.95 Å². The number of aromatic amines is 1. The SMILES string of the molecule is Cn1cc2cc(Nc3nc(=O)n(Cc4nn[nH]n4)c(=O)n3Cc3cc(F)cc(F)c3)c(Cl)cc2n1. The molecule has 12 nitrogen and oxygen atoms in total. The van der Waals surface area contributed by atoms with Crippen LogP contribution in [0.3, 0.4) is 0 Å². The highest BCUT2D eigenvalue weighted by Crippen LogP contribution is 2.29. The number of fused-ring (bicyclic) bond motifs is 1. The number of tetrazole rings is 1. The Morgan fingerprint density at radius 1 is 1.06 bits per heavy atom. The number of halogens is 3. The molecule has 0 unspecified atom stereocenters. The molecule has 35 heavy (non-hydrogen) atoms. The lowest BCUT2D eigenvalue weighted by molar-refractivity contribution is 0.561. The lowest BCUT2D eigenvalue weighted by Crippen LogP contribution is -2.43. The van der Waals surface area contributed by atoms with Crippen molar-refractivity contribution >= 4 is 34.1 Å². The predicted octanol–water partition coefficient (Wildman–Crippen LogP) is 1.58. The van der Waals surface area contributed by atoms with Gasteiger partial charge in [0.25, 0.3) is 0 Å². The molecule has 0 aliphatic rings. The second-order valence-corrected chi connectivity index (χ2v) is 8.00. The Kier molecular flexibility index (Phi) is 5.56. The van der Waals surface area contributed by atoms with Crippen molar-refractivity contribution in [2.24, 2.45) is 7.05 Å². The fourth-order valence-electron chi connectivity index (χ4n) is 3.56. The Morgan fingerprint density at radius 3 is 2.54 bits per heavy atom. The van der Waals surface area contributed by atoms with Crippen LogP contribution in [-0.4, -0.2) is 44.5 Å². The van der Waals surface area contributed by atoms with E-state index in [-0.39, 0.29) is 35.4 Å². The van der Waals surface area contributed by atoms with E-state index in [1.165, 1.54) is 0 Å². The Balaban J connectivity index is 1.63. The van der Waals surface area contributed by atoms with Crippen LogP contribution in [0.1, 0.15) is 11.4 Å². The zero-order chi connectivity index (χ0) is 24.7. The largest absolute Gasteiger partial charge is 0.355 e. The first-order valence-electron chi connectivity index (χ1n) is 10.1. The summed E-state index contributed by atoms with van der Waals surface area (Å²) < 4.78 is 31.1. The number of hydrogen-bond donors (Lipinski definition) is 2. The molecule has 0 fully saturated rings. The molecule has 0 saturated carbocycles. The van der Waals surface area contributed by atoms with Crippen molar-refractivity contribution in [1.82, 2.24) is 44.5 Å². The number of nitrogens with zero attached hydrogens (tertiary/aromatic N) is 8. The smallest absolute Gasteiger partial charge is 0.324 e. The molecule has 0 saturated heterocycles. The van der Waals surface area contributed by atoms with Crippen LogP contribution in [-0.2, 0) is 20.1 Å². The summed E-state index contributed by atoms with van der Waals surface area (Å²) >= 11 is 6.39. The molecular formula is C20H15ClF2N10O2. The first-order chi connectivity index (χ1) is 16.8. The van der Waals surface area contributed by atoms with E-state index in [1.54, 1.807) is 30.1 Å². The van der Waals surface area contributed by atoms with Gasteiger partial charge in [-0.05, 0) is 29.8 Å². The van der Waals surface area contributed by atoms with Crippen LogP contribution < -0.4 is 16.7 Å². The maximum Gasteiger partial charge on any atom is 0.355 e. The molecule has 0 radical (unpaired) electrons. The van der Waals surface area contributed by atoms with E-state index in [0.29, 0.717) is 17.3 Å². The van der Waals surface area contributed by atoms with Crippen LogP contribution in [0.5, 0.6) is 0 Å². The number of anilines is 2. The Hall–Kier alpha value is -4.46. The Morgan fingerprint density at radius 2 is 1.83 bits per heavy atom. The van der Waals surface area contributed by atoms with Crippen molar-refractivity contribution in [3.63, 3.8) is 0 Å². The number of nitrogens with one attached hydrogen (secondary N) is 2. The molecule has 3 aromatic heterocycles. The van der Waals surface area contributed by atoms with E-state index in [9.17, 15) is 18.4 Å². The average Bonchev–Trinajstić information content (AvgIpc) is 3.42. The van der Waals surface area contributed by atoms with Gasteiger partial charge in [0, 0.05) is 24.7 Å². The molecule has 178 valence electrons. The highest BCUT2D eigenvalue weighted by molar-refractivity contribution is 6.34. The monoisotopic (exact) mass is 500 g/mol. The van der Waals surface area contributed by atoms with Gasteiger partial charge in [0.1, 0.15) is 11.6 Å². The van der Waals surface area contributed by atoms with Crippen molar-refractivity contribution in [3.8, 4) is 0 Å². The normalized spacial score (nSPS) is 11.3. The third-order valence-corrected chi connectivity index (χ3v) is 5.37. The highest BCUT2D eigenvalue weighted by atomic mass is 35.5. The van der Waals surface area contributed by atoms with Gasteiger partial charge in [0.05, 0.1) is 29.3 Å². The second-order valence-electron chi connectivity index (χ2n) is 7.60. The fourth-order valence-corrected chi connectivity index (χ4v) is 3.77. The maximum atomic E-state index is 13.8. The predicted molar refractivity (Wildman–Crippen MR) is 121 cm³/mol. The first kappa shape index (κ1) is 22.3. The summed E-state index contributed by atoms with van der Waals surface area (Å²) in [5.74, 6) is -1.75. The molecule has 0 amide bonds. The van der Waals surface area contributed by atoms with E-state index in [0.717, 1.165) is 26.7 Å². The Labute approximate surface area is 198 Å². The second kappa shape index (κ2) is 8.72. The van der Waals surface area contributed by atoms with Crippen LogP contribution in [0.25, 0.3) is 10.9 Å². The van der Waals surface area contributed by atoms with Crippen molar-refractivity contribution in [3.05, 3.63) is 85.5 Å². The van der Waals surface area contributed by atoms with Crippen molar-refractivity contribution in [2.75, 3.05) is 5.32 Å². The van der Waals surface area contributed by atoms with Gasteiger partial charge in [-0.15, -0.1) is 10.2 Å². The lowest BCUT2D eigenvalue weighted by atomic mass is 10.2. The summed E-state index contributed by atoms with van der Waals surface area (Å²) in [4.78, 5) is 30.0. The molecule has 0 spiro atoms. The van der Waals surface area contributed by atoms with Crippen LogP contribution in [0, 0.1) is 11.6 Å². The molecule has 5 aromatic rings. The van der Waals surface area contributed by atoms with E-state index in [4.69, 9.17) is 11.6 Å². The minimum absolute atomic E-state index is 0.0696. The molecule has 0 bridgehead atoms. The van der Waals surface area contributed by atoms with Gasteiger partial charge in [-0.3, -0.25) is 9.25 Å². The topological polar surface area (TPSA) is 141 Å². The number of H-pyrrole nitrogens is 1. The van der Waals surface area contributed by atoms with Crippen molar-refractivity contribution in [2.45, 2.75) is 13.1 Å². The molecule has 5 rings (SSSR count). The van der Waals surface area contributed by atoms with Gasteiger partial charge in [-0.1, -0.05) is 16.8 Å². The quantitative estimate of drug-likeness (QED) is 0.358. The average molecular weight is 501 g/mol. The van der Waals surface area contributed by atoms with Crippen LogP contribution in [0.15, 0.2) is 46.1 Å². The third-order valence-electron chi connectivity index (χ3n) is 5.06.